The van der Waals surface area contributed by atoms with Crippen molar-refractivity contribution in [2.45, 2.75) is 26.1 Å². The van der Waals surface area contributed by atoms with Crippen LogP contribution in [-0.4, -0.2) is 42.9 Å². The number of benzene rings is 2. The van der Waals surface area contributed by atoms with E-state index in [1.165, 1.54) is 0 Å². The third-order valence-electron chi connectivity index (χ3n) is 5.33. The highest BCUT2D eigenvalue weighted by molar-refractivity contribution is 5.86. The van der Waals surface area contributed by atoms with E-state index in [9.17, 15) is 27.2 Å². The minimum atomic E-state index is -4.68. The molecule has 3 rings (SSSR count). The van der Waals surface area contributed by atoms with E-state index < -0.39 is 23.5 Å². The number of anilines is 1. The Morgan fingerprint density at radius 3 is 2.47 bits per heavy atom. The molecule has 1 aliphatic rings. The van der Waals surface area contributed by atoms with Crippen molar-refractivity contribution < 1.29 is 27.2 Å². The highest BCUT2D eigenvalue weighted by Gasteiger charge is 2.31. The van der Waals surface area contributed by atoms with Gasteiger partial charge in [-0.05, 0) is 48.2 Å². The van der Waals surface area contributed by atoms with Crippen LogP contribution in [0.5, 0.6) is 0 Å². The third-order valence-corrected chi connectivity index (χ3v) is 5.33. The van der Waals surface area contributed by atoms with Crippen LogP contribution in [0.15, 0.2) is 48.5 Å². The van der Waals surface area contributed by atoms with Crippen LogP contribution in [0.1, 0.15) is 24.5 Å². The maximum atomic E-state index is 13.6. The molecule has 1 aliphatic heterocycles. The van der Waals surface area contributed by atoms with E-state index in [4.69, 9.17) is 0 Å². The molecular formula is C23H25F4N3O2. The Kier molecular flexibility index (Phi) is 7.37. The minimum absolute atomic E-state index is 0.000864. The van der Waals surface area contributed by atoms with Crippen molar-refractivity contribution in [2.75, 3.05) is 31.1 Å². The van der Waals surface area contributed by atoms with Crippen molar-refractivity contribution in [3.63, 3.8) is 0 Å². The van der Waals surface area contributed by atoms with Crippen LogP contribution >= 0.6 is 0 Å². The van der Waals surface area contributed by atoms with Gasteiger partial charge in [0, 0.05) is 25.3 Å². The van der Waals surface area contributed by atoms with Crippen LogP contribution < -0.4 is 10.2 Å². The monoisotopic (exact) mass is 451 g/mol. The maximum Gasteiger partial charge on any atom is 0.416 e. The molecule has 0 aliphatic carbocycles. The van der Waals surface area contributed by atoms with Crippen molar-refractivity contribution in [3.05, 3.63) is 65.5 Å². The van der Waals surface area contributed by atoms with Crippen molar-refractivity contribution in [2.24, 2.45) is 5.92 Å². The molecule has 1 heterocycles. The molecule has 1 unspecified atom stereocenters. The van der Waals surface area contributed by atoms with E-state index in [2.05, 4.69) is 12.2 Å². The average molecular weight is 451 g/mol. The van der Waals surface area contributed by atoms with Gasteiger partial charge >= 0.3 is 6.18 Å². The Morgan fingerprint density at radius 2 is 1.84 bits per heavy atom. The topological polar surface area (TPSA) is 52.7 Å². The van der Waals surface area contributed by atoms with Gasteiger partial charge in [0.2, 0.25) is 11.8 Å². The molecule has 0 saturated carbocycles. The lowest BCUT2D eigenvalue weighted by atomic mass is 10.1. The number of carbonyl (C=O) groups is 2. The second-order valence-electron chi connectivity index (χ2n) is 8.05. The van der Waals surface area contributed by atoms with Crippen LogP contribution in [0.4, 0.5) is 23.2 Å². The van der Waals surface area contributed by atoms with E-state index in [1.807, 2.05) is 6.07 Å². The molecule has 2 aromatic carbocycles. The molecule has 0 radical (unpaired) electrons. The zero-order chi connectivity index (χ0) is 23.3. The summed E-state index contributed by atoms with van der Waals surface area (Å²) in [4.78, 5) is 28.6. The van der Waals surface area contributed by atoms with Gasteiger partial charge in [-0.1, -0.05) is 25.1 Å². The van der Waals surface area contributed by atoms with Gasteiger partial charge in [0.1, 0.15) is 5.82 Å². The zero-order valence-corrected chi connectivity index (χ0v) is 17.7. The number of halogens is 4. The summed E-state index contributed by atoms with van der Waals surface area (Å²) in [5.74, 6) is -1.18. The van der Waals surface area contributed by atoms with Gasteiger partial charge in [-0.15, -0.1) is 0 Å². The summed E-state index contributed by atoms with van der Waals surface area (Å²) in [7, 11) is 0. The average Bonchev–Trinajstić information content (AvgIpc) is 3.18. The van der Waals surface area contributed by atoms with E-state index >= 15 is 0 Å². The Labute approximate surface area is 184 Å². The van der Waals surface area contributed by atoms with Gasteiger partial charge in [-0.3, -0.25) is 9.59 Å². The smallest absolute Gasteiger partial charge is 0.353 e. The predicted octanol–water partition coefficient (Wildman–Crippen LogP) is 3.84. The molecule has 1 saturated heterocycles. The number of amides is 2. The lowest BCUT2D eigenvalue weighted by Crippen LogP contribution is -2.44. The third kappa shape index (κ3) is 6.45. The van der Waals surface area contributed by atoms with Gasteiger partial charge < -0.3 is 15.1 Å². The van der Waals surface area contributed by atoms with Crippen molar-refractivity contribution >= 4 is 17.5 Å². The van der Waals surface area contributed by atoms with Gasteiger partial charge in [0.05, 0.1) is 18.7 Å². The molecule has 1 atom stereocenters. The second kappa shape index (κ2) is 10.0. The summed E-state index contributed by atoms with van der Waals surface area (Å²) in [6.07, 6.45) is -3.75. The van der Waals surface area contributed by atoms with Crippen LogP contribution in [0, 0.1) is 11.7 Å². The minimum Gasteiger partial charge on any atom is -0.353 e. The first-order valence-corrected chi connectivity index (χ1v) is 10.3. The Morgan fingerprint density at radius 1 is 1.12 bits per heavy atom. The quantitative estimate of drug-likeness (QED) is 0.651. The van der Waals surface area contributed by atoms with E-state index in [0.29, 0.717) is 30.8 Å². The van der Waals surface area contributed by atoms with E-state index in [1.54, 1.807) is 34.1 Å². The van der Waals surface area contributed by atoms with Gasteiger partial charge in [-0.2, -0.15) is 13.2 Å². The number of likely N-dealkylation sites (tertiary alicyclic amines) is 1. The number of alkyl halides is 3. The van der Waals surface area contributed by atoms with E-state index in [-0.39, 0.29) is 31.1 Å². The van der Waals surface area contributed by atoms with Gasteiger partial charge in [0.25, 0.3) is 0 Å². The Balaban J connectivity index is 1.65. The number of rotatable bonds is 7. The number of hydrogen-bond donors (Lipinski definition) is 1. The molecule has 9 heteroatoms. The molecular weight excluding hydrogens is 426 g/mol. The summed E-state index contributed by atoms with van der Waals surface area (Å²) in [6, 6.07) is 11.1. The molecule has 2 amide bonds. The molecule has 172 valence electrons. The fourth-order valence-corrected chi connectivity index (χ4v) is 3.65. The Bertz CT molecular complexity index is 950. The lowest BCUT2D eigenvalue weighted by Gasteiger charge is -2.26. The number of para-hydroxylation sites is 1. The fourth-order valence-electron chi connectivity index (χ4n) is 3.65. The van der Waals surface area contributed by atoms with Crippen molar-refractivity contribution in [3.8, 4) is 0 Å². The number of nitrogens with one attached hydrogen (secondary N) is 1. The second-order valence-corrected chi connectivity index (χ2v) is 8.05. The molecule has 0 bridgehead atoms. The number of hydrogen-bond acceptors (Lipinski definition) is 3. The molecule has 2 aromatic rings. The first kappa shape index (κ1) is 23.6. The van der Waals surface area contributed by atoms with Crippen LogP contribution in [0.2, 0.25) is 0 Å². The SMILES string of the molecule is CC1CCN(C(=O)CN(CC(=O)NCc2cc(F)cc(C(F)(F)F)c2)c2ccccc2)C1. The normalized spacial score (nSPS) is 16.2. The van der Waals surface area contributed by atoms with Gasteiger partial charge in [-0.25, -0.2) is 4.39 Å². The highest BCUT2D eigenvalue weighted by Crippen LogP contribution is 2.30. The molecule has 0 spiro atoms. The van der Waals surface area contributed by atoms with Crippen LogP contribution in [0.3, 0.4) is 0 Å². The number of nitrogens with zero attached hydrogens (tertiary/aromatic N) is 2. The highest BCUT2D eigenvalue weighted by atomic mass is 19.4. The molecule has 32 heavy (non-hydrogen) atoms. The molecule has 1 N–H and O–H groups in total. The molecule has 1 fully saturated rings. The maximum absolute atomic E-state index is 13.6. The number of carbonyl (C=O) groups excluding carboxylic acids is 2. The summed E-state index contributed by atoms with van der Waals surface area (Å²) in [5.41, 5.74) is -0.439. The summed E-state index contributed by atoms with van der Waals surface area (Å²) >= 11 is 0. The van der Waals surface area contributed by atoms with Crippen LogP contribution in [-0.2, 0) is 22.3 Å². The van der Waals surface area contributed by atoms with Gasteiger partial charge in [0.15, 0.2) is 0 Å². The molecule has 0 aromatic heterocycles. The van der Waals surface area contributed by atoms with Crippen molar-refractivity contribution in [1.29, 1.82) is 0 Å². The zero-order valence-electron chi connectivity index (χ0n) is 17.7. The van der Waals surface area contributed by atoms with Crippen LogP contribution in [0.25, 0.3) is 0 Å². The van der Waals surface area contributed by atoms with Crippen molar-refractivity contribution in [1.82, 2.24) is 10.2 Å². The predicted molar refractivity (Wildman–Crippen MR) is 112 cm³/mol. The standard InChI is InChI=1S/C23H25F4N3O2/c1-16-7-8-29(13-16)22(32)15-30(20-5-3-2-4-6-20)14-21(31)28-12-17-9-18(23(25,26)27)11-19(24)10-17/h2-6,9-11,16H,7-8,12-15H2,1H3,(H,28,31). The molecule has 5 nitrogen and oxygen atoms in total. The Hall–Kier alpha value is -3.10. The first-order valence-electron chi connectivity index (χ1n) is 10.3. The summed E-state index contributed by atoms with van der Waals surface area (Å²) in [5, 5.41) is 2.52. The summed E-state index contributed by atoms with van der Waals surface area (Å²) in [6.45, 7) is 3.00. The van der Waals surface area contributed by atoms with E-state index in [0.717, 1.165) is 18.6 Å². The fraction of sp³-hybridized carbons (Fsp3) is 0.391. The lowest BCUT2D eigenvalue weighted by molar-refractivity contribution is -0.137. The summed E-state index contributed by atoms with van der Waals surface area (Å²) < 4.78 is 52.2. The first-order chi connectivity index (χ1) is 15.1. The largest absolute Gasteiger partial charge is 0.416 e.